The van der Waals surface area contributed by atoms with Crippen LogP contribution in [0.3, 0.4) is 0 Å². The van der Waals surface area contributed by atoms with Crippen LogP contribution in [0.2, 0.25) is 0 Å². The number of aryl methyl sites for hydroxylation is 2. The summed E-state index contributed by atoms with van der Waals surface area (Å²) in [5, 5.41) is -0.766. The molecule has 5 heteroatoms. The average molecular weight is 555 g/mol. The summed E-state index contributed by atoms with van der Waals surface area (Å²) >= 11 is 0. The Morgan fingerprint density at radius 3 is 1.82 bits per heavy atom. The quantitative estimate of drug-likeness (QED) is 0.264. The minimum Gasteiger partial charge on any atom is -0.372 e. The van der Waals surface area contributed by atoms with Crippen LogP contribution in [0.25, 0.3) is 6.08 Å². The average Bonchev–Trinajstić information content (AvgIpc) is 2.99. The summed E-state index contributed by atoms with van der Waals surface area (Å²) in [7, 11) is -3.63. The molecular formula is C35H42N2O2S. The number of sulfone groups is 1. The SMILES string of the molecule is Cc1cc(N2CCCCC2)ccc1C=CC=CC(c1ccc(N2CCCCC2)cc1C)S(=O)(=O)c1ccccc1. The largest absolute Gasteiger partial charge is 0.372 e. The van der Waals surface area contributed by atoms with Gasteiger partial charge < -0.3 is 9.80 Å². The molecule has 2 heterocycles. The van der Waals surface area contributed by atoms with E-state index in [0.717, 1.165) is 42.9 Å². The number of rotatable bonds is 8. The predicted molar refractivity (Wildman–Crippen MR) is 169 cm³/mol. The third kappa shape index (κ3) is 6.52. The lowest BCUT2D eigenvalue weighted by Crippen LogP contribution is -2.29. The standard InChI is InChI=1S/C35H42N2O2S/c1-28-26-31(36-22-10-4-11-23-36)19-18-30(28)14-8-9-17-35(40(38,39)33-15-6-3-7-16-33)34-21-20-32(27-29(34)2)37-24-12-5-13-25-37/h3,6-9,14-21,26-27,35H,4-5,10-13,22-25H2,1-2H3. The number of anilines is 2. The van der Waals surface area contributed by atoms with Crippen molar-refractivity contribution in [3.05, 3.63) is 107 Å². The fourth-order valence-electron chi connectivity index (χ4n) is 5.98. The second-order valence-electron chi connectivity index (χ2n) is 11.2. The maximum absolute atomic E-state index is 13.9. The molecule has 0 aliphatic carbocycles. The second kappa shape index (κ2) is 12.9. The van der Waals surface area contributed by atoms with Gasteiger partial charge in [0.05, 0.1) is 4.90 Å². The molecule has 0 amide bonds. The van der Waals surface area contributed by atoms with Gasteiger partial charge in [-0.15, -0.1) is 0 Å². The molecule has 1 unspecified atom stereocenters. The summed E-state index contributed by atoms with van der Waals surface area (Å²) in [6.07, 6.45) is 15.3. The molecule has 3 aromatic rings. The Morgan fingerprint density at radius 2 is 1.25 bits per heavy atom. The number of allylic oxidation sites excluding steroid dienone is 2. The van der Waals surface area contributed by atoms with Crippen molar-refractivity contribution in [3.63, 3.8) is 0 Å². The van der Waals surface area contributed by atoms with Gasteiger partial charge in [-0.2, -0.15) is 0 Å². The summed E-state index contributed by atoms with van der Waals surface area (Å²) in [4.78, 5) is 5.23. The molecule has 1 atom stereocenters. The predicted octanol–water partition coefficient (Wildman–Crippen LogP) is 8.07. The molecular weight excluding hydrogens is 512 g/mol. The van der Waals surface area contributed by atoms with Gasteiger partial charge in [0, 0.05) is 37.6 Å². The van der Waals surface area contributed by atoms with Crippen LogP contribution in [0.4, 0.5) is 11.4 Å². The summed E-state index contributed by atoms with van der Waals surface area (Å²) in [6.45, 7) is 8.57. The fraction of sp³-hybridized carbons (Fsp3) is 0.371. The zero-order chi connectivity index (χ0) is 28.0. The number of nitrogens with zero attached hydrogens (tertiary/aromatic N) is 2. The zero-order valence-corrected chi connectivity index (χ0v) is 24.7. The van der Waals surface area contributed by atoms with Crippen LogP contribution >= 0.6 is 0 Å². The Hall–Kier alpha value is -3.31. The minimum atomic E-state index is -3.63. The molecule has 2 aliphatic heterocycles. The Bertz CT molecular complexity index is 1450. The van der Waals surface area contributed by atoms with E-state index in [0.29, 0.717) is 4.90 Å². The third-order valence-corrected chi connectivity index (χ3v) is 10.3. The van der Waals surface area contributed by atoms with E-state index in [2.05, 4.69) is 53.1 Å². The van der Waals surface area contributed by atoms with Crippen molar-refractivity contribution in [2.24, 2.45) is 0 Å². The molecule has 40 heavy (non-hydrogen) atoms. The smallest absolute Gasteiger partial charge is 0.188 e. The minimum absolute atomic E-state index is 0.345. The van der Waals surface area contributed by atoms with Crippen LogP contribution in [-0.4, -0.2) is 34.6 Å². The van der Waals surface area contributed by atoms with E-state index < -0.39 is 15.1 Å². The maximum Gasteiger partial charge on any atom is 0.188 e. The van der Waals surface area contributed by atoms with E-state index in [4.69, 9.17) is 0 Å². The van der Waals surface area contributed by atoms with E-state index in [1.807, 2.05) is 37.3 Å². The van der Waals surface area contributed by atoms with Gasteiger partial charge in [0.25, 0.3) is 0 Å². The summed E-state index contributed by atoms with van der Waals surface area (Å²) < 4.78 is 27.8. The highest BCUT2D eigenvalue weighted by atomic mass is 32.2. The van der Waals surface area contributed by atoms with Crippen LogP contribution in [-0.2, 0) is 9.84 Å². The van der Waals surface area contributed by atoms with Crippen molar-refractivity contribution >= 4 is 27.3 Å². The highest BCUT2D eigenvalue weighted by Crippen LogP contribution is 2.34. The fourth-order valence-corrected chi connectivity index (χ4v) is 7.70. The van der Waals surface area contributed by atoms with Gasteiger partial charge >= 0.3 is 0 Å². The van der Waals surface area contributed by atoms with Gasteiger partial charge in [-0.25, -0.2) is 8.42 Å². The Balaban J connectivity index is 1.41. The topological polar surface area (TPSA) is 40.6 Å². The van der Waals surface area contributed by atoms with Crippen LogP contribution in [0, 0.1) is 13.8 Å². The third-order valence-electron chi connectivity index (χ3n) is 8.33. The Labute approximate surface area is 241 Å². The Kier molecular flexibility index (Phi) is 9.11. The van der Waals surface area contributed by atoms with Crippen LogP contribution < -0.4 is 9.80 Å². The molecule has 2 fully saturated rings. The number of hydrogen-bond donors (Lipinski definition) is 0. The highest BCUT2D eigenvalue weighted by Gasteiger charge is 2.28. The summed E-state index contributed by atoms with van der Waals surface area (Å²) in [5.41, 5.74) is 6.69. The first-order valence-corrected chi connectivity index (χ1v) is 16.3. The lowest BCUT2D eigenvalue weighted by molar-refractivity contribution is 0.577. The number of piperidine rings is 2. The summed E-state index contributed by atoms with van der Waals surface area (Å²) in [5.74, 6) is 0. The van der Waals surface area contributed by atoms with Gasteiger partial charge in [-0.05, 0) is 111 Å². The van der Waals surface area contributed by atoms with E-state index in [9.17, 15) is 8.42 Å². The van der Waals surface area contributed by atoms with Gasteiger partial charge in [-0.3, -0.25) is 0 Å². The zero-order valence-electron chi connectivity index (χ0n) is 23.9. The monoisotopic (exact) mass is 554 g/mol. The molecule has 2 aliphatic rings. The van der Waals surface area contributed by atoms with Gasteiger partial charge in [0.15, 0.2) is 9.84 Å². The van der Waals surface area contributed by atoms with Crippen LogP contribution in [0.5, 0.6) is 0 Å². The number of benzene rings is 3. The second-order valence-corrected chi connectivity index (χ2v) is 13.3. The molecule has 0 aromatic heterocycles. The van der Waals surface area contributed by atoms with E-state index >= 15 is 0 Å². The van der Waals surface area contributed by atoms with Crippen molar-refractivity contribution in [2.45, 2.75) is 62.5 Å². The molecule has 5 rings (SSSR count). The van der Waals surface area contributed by atoms with Gasteiger partial charge in [-0.1, -0.05) is 54.6 Å². The first-order chi connectivity index (χ1) is 19.4. The van der Waals surface area contributed by atoms with Gasteiger partial charge in [0.1, 0.15) is 5.25 Å². The molecule has 0 spiro atoms. The highest BCUT2D eigenvalue weighted by molar-refractivity contribution is 7.91. The van der Waals surface area contributed by atoms with Crippen molar-refractivity contribution in [1.29, 1.82) is 0 Å². The van der Waals surface area contributed by atoms with Crippen molar-refractivity contribution in [2.75, 3.05) is 36.0 Å². The molecule has 4 nitrogen and oxygen atoms in total. The number of hydrogen-bond acceptors (Lipinski definition) is 4. The molecule has 0 saturated carbocycles. The lowest BCUT2D eigenvalue weighted by atomic mass is 10.0. The van der Waals surface area contributed by atoms with E-state index in [1.54, 1.807) is 24.3 Å². The summed E-state index contributed by atoms with van der Waals surface area (Å²) in [6, 6.07) is 21.7. The van der Waals surface area contributed by atoms with E-state index in [-0.39, 0.29) is 0 Å². The Morgan fingerprint density at radius 1 is 0.675 bits per heavy atom. The molecule has 2 saturated heterocycles. The first kappa shape index (κ1) is 28.2. The normalized spacial score (nSPS) is 17.6. The van der Waals surface area contributed by atoms with Crippen molar-refractivity contribution < 1.29 is 8.42 Å². The molecule has 0 N–H and O–H groups in total. The van der Waals surface area contributed by atoms with Gasteiger partial charge in [0.2, 0.25) is 0 Å². The van der Waals surface area contributed by atoms with E-state index in [1.165, 1.54) is 55.5 Å². The maximum atomic E-state index is 13.9. The van der Waals surface area contributed by atoms with Crippen molar-refractivity contribution in [3.8, 4) is 0 Å². The lowest BCUT2D eigenvalue weighted by Gasteiger charge is -2.29. The molecule has 0 bridgehead atoms. The molecule has 0 radical (unpaired) electrons. The van der Waals surface area contributed by atoms with Crippen molar-refractivity contribution in [1.82, 2.24) is 0 Å². The molecule has 210 valence electrons. The van der Waals surface area contributed by atoms with Crippen LogP contribution in [0.1, 0.15) is 66.0 Å². The molecule has 3 aromatic carbocycles. The van der Waals surface area contributed by atoms with Crippen LogP contribution in [0.15, 0.2) is 89.9 Å². The first-order valence-electron chi connectivity index (χ1n) is 14.8.